The van der Waals surface area contributed by atoms with Crippen molar-refractivity contribution in [3.05, 3.63) is 40.5 Å². The molecule has 1 aromatic carbocycles. The van der Waals surface area contributed by atoms with E-state index >= 15 is 0 Å². The molecule has 2 aromatic heterocycles. The number of aromatic nitrogens is 2. The van der Waals surface area contributed by atoms with Gasteiger partial charge in [-0.2, -0.15) is 0 Å². The second-order valence-corrected chi connectivity index (χ2v) is 8.59. The molecule has 0 unspecified atom stereocenters. The average Bonchev–Trinajstić information content (AvgIpc) is 2.94. The number of hydrogen-bond acceptors (Lipinski definition) is 6. The lowest BCUT2D eigenvalue weighted by Gasteiger charge is -2.30. The summed E-state index contributed by atoms with van der Waals surface area (Å²) in [5.74, 6) is 0.451. The van der Waals surface area contributed by atoms with Crippen molar-refractivity contribution in [3.8, 4) is 0 Å². The number of nitrogens with two attached hydrogens (primary N) is 1. The largest absolute Gasteiger partial charge is 0.398 e. The van der Waals surface area contributed by atoms with Crippen LogP contribution < -0.4 is 10.6 Å². The second-order valence-electron chi connectivity index (χ2n) is 6.42. The van der Waals surface area contributed by atoms with Crippen molar-refractivity contribution >= 4 is 63.0 Å². The first-order valence-corrected chi connectivity index (χ1v) is 10.4. The fraction of sp³-hybridized carbons (Fsp3) is 0.316. The standard InChI is InChI=1S/C19H20N4OS2.ClH/c1-11-12(2)26-19-17(11)18(21-10-22-19)25-9-16(24)23-8-4-5-13-14(20)6-3-7-15(13)23;/h3,6-7,10H,4-5,8-9,20H2,1-2H3;1H. The van der Waals surface area contributed by atoms with Crippen LogP contribution in [-0.2, 0) is 11.2 Å². The minimum Gasteiger partial charge on any atom is -0.398 e. The maximum atomic E-state index is 12.9. The number of aryl methyl sites for hydroxylation is 2. The molecular formula is C19H21ClN4OS2. The van der Waals surface area contributed by atoms with E-state index in [1.54, 1.807) is 17.7 Å². The molecule has 0 fully saturated rings. The smallest absolute Gasteiger partial charge is 0.237 e. The number of amides is 1. The van der Waals surface area contributed by atoms with Crippen LogP contribution in [0.3, 0.4) is 0 Å². The molecule has 142 valence electrons. The molecule has 0 bridgehead atoms. The first-order chi connectivity index (χ1) is 12.6. The van der Waals surface area contributed by atoms with Crippen LogP contribution in [0.4, 0.5) is 11.4 Å². The highest BCUT2D eigenvalue weighted by Crippen LogP contribution is 2.35. The number of carbonyl (C=O) groups excluding carboxylic acids is 1. The summed E-state index contributed by atoms with van der Waals surface area (Å²) in [4.78, 5) is 25.8. The number of thioether (sulfide) groups is 1. The first kappa shape index (κ1) is 19.9. The molecule has 3 heterocycles. The third-order valence-electron chi connectivity index (χ3n) is 4.85. The van der Waals surface area contributed by atoms with E-state index in [-0.39, 0.29) is 18.3 Å². The number of nitrogens with zero attached hydrogens (tertiary/aromatic N) is 3. The molecule has 27 heavy (non-hydrogen) atoms. The van der Waals surface area contributed by atoms with Crippen LogP contribution in [0.1, 0.15) is 22.4 Å². The molecule has 3 aromatic rings. The monoisotopic (exact) mass is 420 g/mol. The Bertz CT molecular complexity index is 1000. The van der Waals surface area contributed by atoms with Gasteiger partial charge in [-0.3, -0.25) is 4.79 Å². The summed E-state index contributed by atoms with van der Waals surface area (Å²) in [6, 6.07) is 5.81. The van der Waals surface area contributed by atoms with Crippen LogP contribution in [0.15, 0.2) is 29.6 Å². The van der Waals surface area contributed by atoms with Crippen molar-refractivity contribution in [2.75, 3.05) is 22.9 Å². The van der Waals surface area contributed by atoms with Crippen molar-refractivity contribution in [1.29, 1.82) is 0 Å². The lowest BCUT2D eigenvalue weighted by molar-refractivity contribution is -0.116. The predicted molar refractivity (Wildman–Crippen MR) is 116 cm³/mol. The third kappa shape index (κ3) is 3.63. The molecule has 0 aliphatic carbocycles. The molecule has 5 nitrogen and oxygen atoms in total. The van der Waals surface area contributed by atoms with E-state index in [9.17, 15) is 4.79 Å². The first-order valence-electron chi connectivity index (χ1n) is 8.57. The van der Waals surface area contributed by atoms with E-state index in [1.807, 2.05) is 23.1 Å². The van der Waals surface area contributed by atoms with Crippen LogP contribution in [0.25, 0.3) is 10.2 Å². The number of nitrogen functional groups attached to an aromatic ring is 1. The Morgan fingerprint density at radius 3 is 2.96 bits per heavy atom. The molecule has 2 N–H and O–H groups in total. The van der Waals surface area contributed by atoms with Gasteiger partial charge < -0.3 is 10.6 Å². The molecule has 0 saturated heterocycles. The number of benzene rings is 1. The predicted octanol–water partition coefficient (Wildman–Crippen LogP) is 4.38. The number of fused-ring (bicyclic) bond motifs is 2. The van der Waals surface area contributed by atoms with Gasteiger partial charge in [0, 0.05) is 28.2 Å². The number of carbonyl (C=O) groups is 1. The molecule has 1 aliphatic rings. The van der Waals surface area contributed by atoms with Gasteiger partial charge in [0.1, 0.15) is 16.2 Å². The number of anilines is 2. The summed E-state index contributed by atoms with van der Waals surface area (Å²) in [7, 11) is 0. The summed E-state index contributed by atoms with van der Waals surface area (Å²) >= 11 is 3.16. The Labute approximate surface area is 172 Å². The molecule has 0 saturated carbocycles. The van der Waals surface area contributed by atoms with Crippen LogP contribution in [-0.4, -0.2) is 28.2 Å². The van der Waals surface area contributed by atoms with Gasteiger partial charge in [-0.05, 0) is 49.9 Å². The number of thiophene rings is 1. The fourth-order valence-corrected chi connectivity index (χ4v) is 5.37. The Morgan fingerprint density at radius 1 is 1.33 bits per heavy atom. The Kier molecular flexibility index (Phi) is 5.93. The van der Waals surface area contributed by atoms with Crippen LogP contribution >= 0.6 is 35.5 Å². The van der Waals surface area contributed by atoms with Gasteiger partial charge >= 0.3 is 0 Å². The van der Waals surface area contributed by atoms with E-state index in [1.165, 1.54) is 22.2 Å². The maximum Gasteiger partial charge on any atom is 0.237 e. The molecule has 4 rings (SSSR count). The summed E-state index contributed by atoms with van der Waals surface area (Å²) in [6.07, 6.45) is 3.46. The second kappa shape index (κ2) is 8.04. The minimum atomic E-state index is 0. The van der Waals surface area contributed by atoms with Gasteiger partial charge in [0.05, 0.1) is 5.75 Å². The van der Waals surface area contributed by atoms with Crippen LogP contribution in [0.5, 0.6) is 0 Å². The minimum absolute atomic E-state index is 0. The summed E-state index contributed by atoms with van der Waals surface area (Å²) < 4.78 is 0. The molecular weight excluding hydrogens is 400 g/mol. The van der Waals surface area contributed by atoms with Gasteiger partial charge in [0.15, 0.2) is 0 Å². The number of rotatable bonds is 3. The van der Waals surface area contributed by atoms with Crippen molar-refractivity contribution in [1.82, 2.24) is 9.97 Å². The van der Waals surface area contributed by atoms with Gasteiger partial charge in [-0.15, -0.1) is 23.7 Å². The quantitative estimate of drug-likeness (QED) is 0.386. The Morgan fingerprint density at radius 2 is 2.15 bits per heavy atom. The van der Waals surface area contributed by atoms with E-state index < -0.39 is 0 Å². The molecule has 1 amide bonds. The zero-order valence-corrected chi connectivity index (χ0v) is 17.6. The number of hydrogen-bond donors (Lipinski definition) is 1. The van der Waals surface area contributed by atoms with Gasteiger partial charge in [-0.1, -0.05) is 17.8 Å². The lowest BCUT2D eigenvalue weighted by atomic mass is 10.00. The fourth-order valence-electron chi connectivity index (χ4n) is 3.38. The van der Waals surface area contributed by atoms with Gasteiger partial charge in [0.2, 0.25) is 5.91 Å². The normalized spacial score (nSPS) is 13.3. The highest BCUT2D eigenvalue weighted by Gasteiger charge is 2.24. The highest BCUT2D eigenvalue weighted by atomic mass is 35.5. The highest BCUT2D eigenvalue weighted by molar-refractivity contribution is 8.00. The zero-order valence-electron chi connectivity index (χ0n) is 15.2. The molecule has 1 aliphatic heterocycles. The van der Waals surface area contributed by atoms with E-state index in [0.29, 0.717) is 5.75 Å². The third-order valence-corrected chi connectivity index (χ3v) is 6.94. The van der Waals surface area contributed by atoms with Crippen molar-refractivity contribution in [2.24, 2.45) is 0 Å². The summed E-state index contributed by atoms with van der Waals surface area (Å²) in [5, 5.41) is 1.96. The zero-order chi connectivity index (χ0) is 18.3. The molecule has 8 heteroatoms. The van der Waals surface area contributed by atoms with Crippen LogP contribution in [0.2, 0.25) is 0 Å². The topological polar surface area (TPSA) is 72.1 Å². The van der Waals surface area contributed by atoms with Crippen molar-refractivity contribution < 1.29 is 4.79 Å². The molecule has 0 atom stereocenters. The summed E-state index contributed by atoms with van der Waals surface area (Å²) in [6.45, 7) is 4.93. The van der Waals surface area contributed by atoms with E-state index in [2.05, 4.69) is 23.8 Å². The Hall–Kier alpha value is -1.83. The van der Waals surface area contributed by atoms with E-state index in [0.717, 1.165) is 51.6 Å². The summed E-state index contributed by atoms with van der Waals surface area (Å²) in [5.41, 5.74) is 10.1. The van der Waals surface area contributed by atoms with Gasteiger partial charge in [0.25, 0.3) is 0 Å². The molecule has 0 spiro atoms. The van der Waals surface area contributed by atoms with Crippen molar-refractivity contribution in [2.45, 2.75) is 31.7 Å². The lowest BCUT2D eigenvalue weighted by Crippen LogP contribution is -2.37. The van der Waals surface area contributed by atoms with E-state index in [4.69, 9.17) is 5.73 Å². The SMILES string of the molecule is Cc1sc2ncnc(SCC(=O)N3CCCc4c(N)cccc43)c2c1C.Cl. The molecule has 0 radical (unpaired) electrons. The average molecular weight is 421 g/mol. The van der Waals surface area contributed by atoms with Crippen molar-refractivity contribution in [3.63, 3.8) is 0 Å². The van der Waals surface area contributed by atoms with Gasteiger partial charge in [-0.25, -0.2) is 9.97 Å². The van der Waals surface area contributed by atoms with Crippen LogP contribution in [0, 0.1) is 13.8 Å². The number of halogens is 1. The maximum absolute atomic E-state index is 12.9. The Balaban J connectivity index is 0.00000210.